The van der Waals surface area contributed by atoms with E-state index in [1.54, 1.807) is 6.20 Å². The van der Waals surface area contributed by atoms with Crippen LogP contribution in [0.1, 0.15) is 29.3 Å². The third-order valence-electron chi connectivity index (χ3n) is 5.40. The number of benzene rings is 2. The molecule has 4 nitrogen and oxygen atoms in total. The average Bonchev–Trinajstić information content (AvgIpc) is 2.77. The van der Waals surface area contributed by atoms with E-state index in [1.165, 1.54) is 11.1 Å². The summed E-state index contributed by atoms with van der Waals surface area (Å²) in [6, 6.07) is 18.5. The number of aryl methyl sites for hydroxylation is 1. The van der Waals surface area contributed by atoms with Gasteiger partial charge >= 0.3 is 0 Å². The molecule has 0 bridgehead atoms. The highest BCUT2D eigenvalue weighted by atomic mass is 35.5. The molecule has 4 rings (SSSR count). The minimum absolute atomic E-state index is 0.233. The molecule has 2 aromatic carbocycles. The van der Waals surface area contributed by atoms with Crippen LogP contribution in [0.25, 0.3) is 0 Å². The zero-order valence-electron chi connectivity index (χ0n) is 16.6. The van der Waals surface area contributed by atoms with E-state index in [0.717, 1.165) is 37.3 Å². The number of aromatic nitrogens is 1. The number of halogens is 1. The summed E-state index contributed by atoms with van der Waals surface area (Å²) < 4.78 is 7.84. The zero-order valence-corrected chi connectivity index (χ0v) is 17.4. The number of ether oxygens (including phenoxy) is 1. The van der Waals surface area contributed by atoms with Crippen LogP contribution in [0.3, 0.4) is 0 Å². The molecular weight excluding hydrogens is 384 g/mol. The Bertz CT molecular complexity index is 1030. The van der Waals surface area contributed by atoms with Gasteiger partial charge in [-0.05, 0) is 23.1 Å². The van der Waals surface area contributed by atoms with Gasteiger partial charge in [0.05, 0.1) is 11.9 Å². The van der Waals surface area contributed by atoms with Crippen LogP contribution in [0.4, 0.5) is 0 Å². The quantitative estimate of drug-likeness (QED) is 0.595. The number of rotatable bonds is 6. The van der Waals surface area contributed by atoms with Gasteiger partial charge in [-0.2, -0.15) is 0 Å². The highest BCUT2D eigenvalue weighted by molar-refractivity contribution is 6.31. The van der Waals surface area contributed by atoms with Crippen LogP contribution in [0.5, 0.6) is 5.75 Å². The summed E-state index contributed by atoms with van der Waals surface area (Å²) in [7, 11) is 0. The fourth-order valence-corrected chi connectivity index (χ4v) is 3.92. The first-order valence-electron chi connectivity index (χ1n) is 10.0. The molecule has 3 aromatic rings. The van der Waals surface area contributed by atoms with Crippen LogP contribution in [0.2, 0.25) is 5.02 Å². The largest absolute Gasteiger partial charge is 0.483 e. The van der Waals surface area contributed by atoms with Crippen molar-refractivity contribution in [3.05, 3.63) is 98.4 Å². The van der Waals surface area contributed by atoms with Crippen molar-refractivity contribution in [3.8, 4) is 5.75 Å². The van der Waals surface area contributed by atoms with Crippen molar-refractivity contribution in [1.29, 1.82) is 0 Å². The molecule has 0 unspecified atom stereocenters. The molecular formula is C24H25ClN2O2. The summed E-state index contributed by atoms with van der Waals surface area (Å²) in [5.41, 5.74) is 4.27. The van der Waals surface area contributed by atoms with Gasteiger partial charge in [0.1, 0.15) is 11.6 Å². The van der Waals surface area contributed by atoms with E-state index in [0.29, 0.717) is 18.9 Å². The lowest BCUT2D eigenvalue weighted by atomic mass is 10.1. The van der Waals surface area contributed by atoms with Gasteiger partial charge in [-0.1, -0.05) is 73.1 Å². The Labute approximate surface area is 176 Å². The standard InChI is InChI=1S/C24H25ClN2O2/c1-2-18-8-10-19(11-9-18)14-26-12-13-27-16-22(24(28)23(25)21(27)15-26)29-17-20-6-4-3-5-7-20/h3-11,16H,2,12-15,17H2,1H3. The summed E-state index contributed by atoms with van der Waals surface area (Å²) in [6.45, 7) is 5.70. The van der Waals surface area contributed by atoms with Gasteiger partial charge in [0.15, 0.2) is 5.75 Å². The van der Waals surface area contributed by atoms with Gasteiger partial charge in [0, 0.05) is 26.2 Å². The molecule has 0 radical (unpaired) electrons. The van der Waals surface area contributed by atoms with Crippen molar-refractivity contribution in [3.63, 3.8) is 0 Å². The Hall–Kier alpha value is -2.56. The Morgan fingerprint density at radius 3 is 2.41 bits per heavy atom. The van der Waals surface area contributed by atoms with Crippen molar-refractivity contribution in [2.24, 2.45) is 0 Å². The van der Waals surface area contributed by atoms with Crippen LogP contribution in [0, 0.1) is 0 Å². The summed E-state index contributed by atoms with van der Waals surface area (Å²) in [4.78, 5) is 15.0. The predicted molar refractivity (Wildman–Crippen MR) is 116 cm³/mol. The SMILES string of the molecule is CCc1ccc(CN2CCn3cc(OCc4ccccc4)c(=O)c(Cl)c3C2)cc1. The Balaban J connectivity index is 1.48. The first kappa shape index (κ1) is 19.7. The molecule has 29 heavy (non-hydrogen) atoms. The topological polar surface area (TPSA) is 34.5 Å². The van der Waals surface area contributed by atoms with Crippen molar-refractivity contribution >= 4 is 11.6 Å². The van der Waals surface area contributed by atoms with E-state index in [9.17, 15) is 4.79 Å². The maximum atomic E-state index is 12.7. The number of hydrogen-bond acceptors (Lipinski definition) is 3. The fraction of sp³-hybridized carbons (Fsp3) is 0.292. The lowest BCUT2D eigenvalue weighted by Gasteiger charge is -2.31. The molecule has 0 N–H and O–H groups in total. The van der Waals surface area contributed by atoms with E-state index in [4.69, 9.17) is 16.3 Å². The number of pyridine rings is 1. The molecule has 0 aliphatic carbocycles. The molecule has 0 saturated carbocycles. The van der Waals surface area contributed by atoms with Crippen molar-refractivity contribution in [1.82, 2.24) is 9.47 Å². The first-order chi connectivity index (χ1) is 14.1. The van der Waals surface area contributed by atoms with E-state index in [1.807, 2.05) is 30.3 Å². The molecule has 2 heterocycles. The summed E-state index contributed by atoms with van der Waals surface area (Å²) in [5.74, 6) is 0.311. The molecule has 0 saturated heterocycles. The van der Waals surface area contributed by atoms with Crippen molar-refractivity contribution in [2.45, 2.75) is 39.6 Å². The second-order valence-electron chi connectivity index (χ2n) is 7.43. The van der Waals surface area contributed by atoms with Crippen LogP contribution in [0.15, 0.2) is 65.6 Å². The summed E-state index contributed by atoms with van der Waals surface area (Å²) in [6.07, 6.45) is 2.85. The monoisotopic (exact) mass is 408 g/mol. The fourth-order valence-electron chi connectivity index (χ4n) is 3.65. The van der Waals surface area contributed by atoms with Gasteiger partial charge in [-0.15, -0.1) is 0 Å². The van der Waals surface area contributed by atoms with Crippen LogP contribution >= 0.6 is 11.6 Å². The molecule has 1 aliphatic rings. The number of hydrogen-bond donors (Lipinski definition) is 0. The molecule has 1 aliphatic heterocycles. The molecule has 0 fully saturated rings. The van der Waals surface area contributed by atoms with Crippen LogP contribution in [-0.2, 0) is 32.7 Å². The van der Waals surface area contributed by atoms with Gasteiger partial charge < -0.3 is 9.30 Å². The van der Waals surface area contributed by atoms with E-state index in [2.05, 4.69) is 40.7 Å². The summed E-state index contributed by atoms with van der Waals surface area (Å²) >= 11 is 6.47. The second-order valence-corrected chi connectivity index (χ2v) is 7.81. The lowest BCUT2D eigenvalue weighted by molar-refractivity contribution is 0.208. The number of nitrogens with zero attached hydrogens (tertiary/aromatic N) is 2. The Kier molecular flexibility index (Phi) is 6.02. The zero-order chi connectivity index (χ0) is 20.2. The highest BCUT2D eigenvalue weighted by Gasteiger charge is 2.22. The van der Waals surface area contributed by atoms with E-state index >= 15 is 0 Å². The third-order valence-corrected chi connectivity index (χ3v) is 5.79. The highest BCUT2D eigenvalue weighted by Crippen LogP contribution is 2.23. The van der Waals surface area contributed by atoms with E-state index < -0.39 is 0 Å². The molecule has 0 spiro atoms. The number of fused-ring (bicyclic) bond motifs is 1. The lowest BCUT2D eigenvalue weighted by Crippen LogP contribution is -2.35. The van der Waals surface area contributed by atoms with Crippen molar-refractivity contribution in [2.75, 3.05) is 6.54 Å². The van der Waals surface area contributed by atoms with E-state index in [-0.39, 0.29) is 10.5 Å². The second kappa shape index (κ2) is 8.85. The minimum Gasteiger partial charge on any atom is -0.483 e. The summed E-state index contributed by atoms with van der Waals surface area (Å²) in [5, 5.41) is 0.265. The third kappa shape index (κ3) is 4.55. The van der Waals surface area contributed by atoms with Gasteiger partial charge in [-0.3, -0.25) is 9.69 Å². The molecule has 0 amide bonds. The van der Waals surface area contributed by atoms with Gasteiger partial charge in [0.25, 0.3) is 0 Å². The Morgan fingerprint density at radius 2 is 1.69 bits per heavy atom. The van der Waals surface area contributed by atoms with Crippen molar-refractivity contribution < 1.29 is 4.74 Å². The van der Waals surface area contributed by atoms with Crippen LogP contribution < -0.4 is 10.2 Å². The maximum Gasteiger partial charge on any atom is 0.242 e. The molecule has 0 atom stereocenters. The average molecular weight is 409 g/mol. The molecule has 1 aromatic heterocycles. The first-order valence-corrected chi connectivity index (χ1v) is 10.4. The predicted octanol–water partition coefficient (Wildman–Crippen LogP) is 4.66. The normalized spacial score (nSPS) is 13.9. The van der Waals surface area contributed by atoms with Crippen LogP contribution in [-0.4, -0.2) is 16.0 Å². The minimum atomic E-state index is -0.233. The van der Waals surface area contributed by atoms with Gasteiger partial charge in [0.2, 0.25) is 5.43 Å². The molecule has 5 heteroatoms. The van der Waals surface area contributed by atoms with Gasteiger partial charge in [-0.25, -0.2) is 0 Å². The maximum absolute atomic E-state index is 12.7. The smallest absolute Gasteiger partial charge is 0.242 e. The Morgan fingerprint density at radius 1 is 0.966 bits per heavy atom. The molecule has 150 valence electrons.